The summed E-state index contributed by atoms with van der Waals surface area (Å²) in [5, 5.41) is 0. The Balaban J connectivity index is 0.00000200. The minimum Gasteiger partial charge on any atom is -0.399 e. The number of nitrogens with two attached hydrogens (primary N) is 1. The smallest absolute Gasteiger partial charge is 0.223 e. The molecule has 1 fully saturated rings. The third-order valence-electron chi connectivity index (χ3n) is 4.05. The second-order valence-corrected chi connectivity index (χ2v) is 5.74. The number of carbonyl (C=O) groups is 1. The van der Waals surface area contributed by atoms with E-state index in [1.807, 2.05) is 24.3 Å². The van der Waals surface area contributed by atoms with Crippen LogP contribution in [0.15, 0.2) is 24.3 Å². The number of nitrogens with zero attached hydrogens (tertiary/aromatic N) is 1. The van der Waals surface area contributed by atoms with Gasteiger partial charge in [0.15, 0.2) is 0 Å². The highest BCUT2D eigenvalue weighted by Gasteiger charge is 2.30. The van der Waals surface area contributed by atoms with E-state index < -0.39 is 0 Å². The molecule has 2 rings (SSSR count). The Hall–Kier alpha value is -1.22. The summed E-state index contributed by atoms with van der Waals surface area (Å²) in [6, 6.07) is 8.23. The second kappa shape index (κ2) is 7.53. The monoisotopic (exact) mass is 296 g/mol. The Kier molecular flexibility index (Phi) is 6.34. The number of anilines is 1. The molecule has 1 atom stereocenters. The molecule has 1 aliphatic rings. The zero-order chi connectivity index (χ0) is 13.8. The highest BCUT2D eigenvalue weighted by atomic mass is 35.5. The molecule has 1 saturated heterocycles. The van der Waals surface area contributed by atoms with E-state index in [9.17, 15) is 4.79 Å². The molecule has 0 aromatic heterocycles. The number of carbonyl (C=O) groups excluding carboxylic acids is 1. The van der Waals surface area contributed by atoms with E-state index in [1.54, 1.807) is 0 Å². The van der Waals surface area contributed by atoms with Crippen molar-refractivity contribution in [2.24, 2.45) is 5.92 Å². The lowest BCUT2D eigenvalue weighted by Crippen LogP contribution is -2.38. The molecule has 20 heavy (non-hydrogen) atoms. The summed E-state index contributed by atoms with van der Waals surface area (Å²) in [5.41, 5.74) is 7.78. The van der Waals surface area contributed by atoms with Crippen LogP contribution in [0.3, 0.4) is 0 Å². The minimum atomic E-state index is 0. The van der Waals surface area contributed by atoms with E-state index in [0.29, 0.717) is 18.4 Å². The summed E-state index contributed by atoms with van der Waals surface area (Å²) in [6.45, 7) is 5.32. The normalized spacial score (nSPS) is 18.1. The molecule has 0 spiro atoms. The Morgan fingerprint density at radius 3 is 2.75 bits per heavy atom. The standard InChI is InChI=1S/C16H24N2O.ClH/c1-12(2)15-8-5-11-18(15)16(19)10-9-13-6-3-4-7-14(13)17;/h3-4,6-7,12,15H,5,8-11,17H2,1-2H3;1H. The van der Waals surface area contributed by atoms with Gasteiger partial charge in [-0.1, -0.05) is 32.0 Å². The van der Waals surface area contributed by atoms with Crippen LogP contribution < -0.4 is 5.73 Å². The number of rotatable bonds is 4. The van der Waals surface area contributed by atoms with Crippen molar-refractivity contribution in [2.45, 2.75) is 45.6 Å². The number of likely N-dealkylation sites (tertiary alicyclic amines) is 1. The number of benzene rings is 1. The van der Waals surface area contributed by atoms with E-state index in [0.717, 1.165) is 37.1 Å². The third-order valence-corrected chi connectivity index (χ3v) is 4.05. The summed E-state index contributed by atoms with van der Waals surface area (Å²) < 4.78 is 0. The first kappa shape index (κ1) is 16.8. The molecule has 1 aliphatic heterocycles. The van der Waals surface area contributed by atoms with Crippen molar-refractivity contribution in [3.63, 3.8) is 0 Å². The molecule has 1 unspecified atom stereocenters. The van der Waals surface area contributed by atoms with E-state index in [2.05, 4.69) is 18.7 Å². The summed E-state index contributed by atoms with van der Waals surface area (Å²) in [6.07, 6.45) is 3.60. The van der Waals surface area contributed by atoms with Gasteiger partial charge in [-0.05, 0) is 36.8 Å². The average molecular weight is 297 g/mol. The van der Waals surface area contributed by atoms with Gasteiger partial charge in [0.25, 0.3) is 0 Å². The van der Waals surface area contributed by atoms with Crippen LogP contribution in [0.1, 0.15) is 38.7 Å². The van der Waals surface area contributed by atoms with Gasteiger partial charge in [0.2, 0.25) is 5.91 Å². The van der Waals surface area contributed by atoms with Gasteiger partial charge in [-0.3, -0.25) is 4.79 Å². The van der Waals surface area contributed by atoms with Crippen molar-refractivity contribution in [1.29, 1.82) is 0 Å². The molecule has 1 heterocycles. The molecule has 0 radical (unpaired) electrons. The van der Waals surface area contributed by atoms with Crippen LogP contribution in [0.25, 0.3) is 0 Å². The van der Waals surface area contributed by atoms with Crippen LogP contribution in [0.2, 0.25) is 0 Å². The lowest BCUT2D eigenvalue weighted by atomic mass is 10.0. The number of nitrogen functional groups attached to an aromatic ring is 1. The SMILES string of the molecule is CC(C)C1CCCN1C(=O)CCc1ccccc1N.Cl. The predicted octanol–water partition coefficient (Wildman–Crippen LogP) is 3.27. The molecule has 1 aromatic carbocycles. The predicted molar refractivity (Wildman–Crippen MR) is 86.0 cm³/mol. The maximum Gasteiger partial charge on any atom is 0.223 e. The molecular formula is C16H25ClN2O. The molecule has 112 valence electrons. The quantitative estimate of drug-likeness (QED) is 0.867. The second-order valence-electron chi connectivity index (χ2n) is 5.74. The Labute approximate surface area is 127 Å². The van der Waals surface area contributed by atoms with Crippen molar-refractivity contribution >= 4 is 24.0 Å². The maximum absolute atomic E-state index is 12.3. The molecule has 2 N–H and O–H groups in total. The van der Waals surface area contributed by atoms with Crippen LogP contribution in [0.4, 0.5) is 5.69 Å². The summed E-state index contributed by atoms with van der Waals surface area (Å²) in [5.74, 6) is 0.827. The van der Waals surface area contributed by atoms with E-state index in [-0.39, 0.29) is 18.3 Å². The van der Waals surface area contributed by atoms with E-state index in [1.165, 1.54) is 0 Å². The van der Waals surface area contributed by atoms with Crippen LogP contribution >= 0.6 is 12.4 Å². The van der Waals surface area contributed by atoms with E-state index >= 15 is 0 Å². The first-order valence-corrected chi connectivity index (χ1v) is 7.22. The number of para-hydroxylation sites is 1. The fourth-order valence-electron chi connectivity index (χ4n) is 2.94. The molecular weight excluding hydrogens is 272 g/mol. The molecule has 0 saturated carbocycles. The fourth-order valence-corrected chi connectivity index (χ4v) is 2.94. The summed E-state index contributed by atoms with van der Waals surface area (Å²) >= 11 is 0. The maximum atomic E-state index is 12.3. The molecule has 4 heteroatoms. The van der Waals surface area contributed by atoms with Gasteiger partial charge in [-0.25, -0.2) is 0 Å². The Morgan fingerprint density at radius 1 is 1.40 bits per heavy atom. The lowest BCUT2D eigenvalue weighted by molar-refractivity contribution is -0.132. The molecule has 3 nitrogen and oxygen atoms in total. The molecule has 1 aromatic rings. The third kappa shape index (κ3) is 3.89. The van der Waals surface area contributed by atoms with Gasteiger partial charge in [-0.15, -0.1) is 12.4 Å². The average Bonchev–Trinajstić information content (AvgIpc) is 2.87. The molecule has 1 amide bonds. The summed E-state index contributed by atoms with van der Waals surface area (Å²) in [7, 11) is 0. The van der Waals surface area contributed by atoms with Crippen molar-refractivity contribution in [1.82, 2.24) is 4.90 Å². The lowest BCUT2D eigenvalue weighted by Gasteiger charge is -2.27. The van der Waals surface area contributed by atoms with Crippen molar-refractivity contribution < 1.29 is 4.79 Å². The van der Waals surface area contributed by atoms with Crippen LogP contribution in [-0.2, 0) is 11.2 Å². The van der Waals surface area contributed by atoms with Crippen molar-refractivity contribution in [3.05, 3.63) is 29.8 Å². The number of aryl methyl sites for hydroxylation is 1. The molecule has 0 aliphatic carbocycles. The highest BCUT2D eigenvalue weighted by Crippen LogP contribution is 2.25. The van der Waals surface area contributed by atoms with Crippen LogP contribution in [-0.4, -0.2) is 23.4 Å². The summed E-state index contributed by atoms with van der Waals surface area (Å²) in [4.78, 5) is 14.4. The van der Waals surface area contributed by atoms with Crippen LogP contribution in [0, 0.1) is 5.92 Å². The zero-order valence-electron chi connectivity index (χ0n) is 12.3. The van der Waals surface area contributed by atoms with Gasteiger partial charge in [0.1, 0.15) is 0 Å². The first-order valence-electron chi connectivity index (χ1n) is 7.22. The Morgan fingerprint density at radius 2 is 2.10 bits per heavy atom. The topological polar surface area (TPSA) is 46.3 Å². The number of hydrogen-bond donors (Lipinski definition) is 1. The minimum absolute atomic E-state index is 0. The number of amides is 1. The van der Waals surface area contributed by atoms with Crippen molar-refractivity contribution in [3.8, 4) is 0 Å². The van der Waals surface area contributed by atoms with Crippen LogP contribution in [0.5, 0.6) is 0 Å². The fraction of sp³-hybridized carbons (Fsp3) is 0.562. The van der Waals surface area contributed by atoms with Gasteiger partial charge in [-0.2, -0.15) is 0 Å². The van der Waals surface area contributed by atoms with Gasteiger partial charge >= 0.3 is 0 Å². The number of hydrogen-bond acceptors (Lipinski definition) is 2. The van der Waals surface area contributed by atoms with Gasteiger partial charge in [0.05, 0.1) is 0 Å². The highest BCUT2D eigenvalue weighted by molar-refractivity contribution is 5.85. The zero-order valence-corrected chi connectivity index (χ0v) is 13.2. The molecule has 0 bridgehead atoms. The largest absolute Gasteiger partial charge is 0.399 e. The van der Waals surface area contributed by atoms with E-state index in [4.69, 9.17) is 5.73 Å². The van der Waals surface area contributed by atoms with Gasteiger partial charge < -0.3 is 10.6 Å². The number of halogens is 1. The Bertz CT molecular complexity index is 448. The van der Waals surface area contributed by atoms with Crippen molar-refractivity contribution in [2.75, 3.05) is 12.3 Å². The first-order chi connectivity index (χ1) is 9.09. The van der Waals surface area contributed by atoms with Gasteiger partial charge in [0, 0.05) is 24.7 Å².